The zero-order valence-electron chi connectivity index (χ0n) is 47.0. The van der Waals surface area contributed by atoms with E-state index in [1.807, 2.05) is 0 Å². The highest BCUT2D eigenvalue weighted by molar-refractivity contribution is 5.71. The van der Waals surface area contributed by atoms with Crippen LogP contribution in [0.1, 0.15) is 303 Å². The second-order valence-electron chi connectivity index (χ2n) is 20.2. The van der Waals surface area contributed by atoms with Crippen LogP contribution in [0.25, 0.3) is 0 Å². The predicted octanol–water partition coefficient (Wildman–Crippen LogP) is 20.5. The zero-order valence-corrected chi connectivity index (χ0v) is 47.0. The van der Waals surface area contributed by atoms with Gasteiger partial charge >= 0.3 is 17.9 Å². The summed E-state index contributed by atoms with van der Waals surface area (Å²) in [6.45, 7) is 6.53. The maximum atomic E-state index is 12.9. The number of hydrogen-bond acceptors (Lipinski definition) is 6. The Kier molecular flexibility index (Phi) is 56.8. The van der Waals surface area contributed by atoms with Gasteiger partial charge in [-0.25, -0.2) is 0 Å². The van der Waals surface area contributed by atoms with Gasteiger partial charge in [0.25, 0.3) is 0 Å². The third-order valence-corrected chi connectivity index (χ3v) is 13.2. The van der Waals surface area contributed by atoms with E-state index in [1.165, 1.54) is 167 Å². The van der Waals surface area contributed by atoms with Crippen LogP contribution in [0.2, 0.25) is 0 Å². The van der Waals surface area contributed by atoms with Crippen molar-refractivity contribution in [1.82, 2.24) is 0 Å². The van der Waals surface area contributed by atoms with Gasteiger partial charge in [0.1, 0.15) is 13.2 Å². The van der Waals surface area contributed by atoms with E-state index in [1.54, 1.807) is 0 Å². The van der Waals surface area contributed by atoms with Gasteiger partial charge in [0.05, 0.1) is 0 Å². The van der Waals surface area contributed by atoms with Crippen molar-refractivity contribution in [1.29, 1.82) is 0 Å². The highest BCUT2D eigenvalue weighted by Crippen LogP contribution is 2.16. The van der Waals surface area contributed by atoms with Gasteiger partial charge in [0.15, 0.2) is 6.10 Å². The molecule has 0 unspecified atom stereocenters. The molecule has 410 valence electrons. The van der Waals surface area contributed by atoms with Crippen molar-refractivity contribution in [2.24, 2.45) is 0 Å². The lowest BCUT2D eigenvalue weighted by Gasteiger charge is -2.18. The first-order valence-corrected chi connectivity index (χ1v) is 30.4. The molecule has 6 heteroatoms. The summed E-state index contributed by atoms with van der Waals surface area (Å²) in [5.74, 6) is -0.909. The van der Waals surface area contributed by atoms with Gasteiger partial charge in [-0.1, -0.05) is 267 Å². The Balaban J connectivity index is 4.42. The van der Waals surface area contributed by atoms with Gasteiger partial charge in [0.2, 0.25) is 0 Å². The largest absolute Gasteiger partial charge is 0.462 e. The molecule has 0 aliphatic rings. The number of unbranched alkanes of at least 4 members (excludes halogenated alkanes) is 32. The Morgan fingerprint density at radius 1 is 0.296 bits per heavy atom. The minimum Gasteiger partial charge on any atom is -0.462 e. The standard InChI is InChI=1S/C65H114O6/c1-4-7-10-13-16-19-22-25-28-31-32-35-37-40-43-46-49-52-55-58-64(67)70-61-62(71-65(68)59-56-53-50-47-44-41-38-34-30-27-24-21-18-15-12-9-6-3)60-69-63(66)57-54-51-48-45-42-39-36-33-29-26-23-20-17-14-11-8-5-2/h7,10,16,19,25-26,28-29,32,35,40,43,62H,4-6,8-9,11-15,17-18,20-24,27,30-31,33-34,36-39,41-42,44-61H2,1-3H3/b10-7-,19-16-,28-25-,29-26-,35-32-,43-40-/t62-/m0/s1. The van der Waals surface area contributed by atoms with Gasteiger partial charge in [-0.3, -0.25) is 14.4 Å². The molecule has 0 aromatic rings. The first-order valence-electron chi connectivity index (χ1n) is 30.4. The normalized spacial score (nSPS) is 12.5. The first-order chi connectivity index (χ1) is 35.0. The summed E-state index contributed by atoms with van der Waals surface area (Å²) in [5.41, 5.74) is 0. The maximum absolute atomic E-state index is 12.9. The minimum absolute atomic E-state index is 0.0858. The van der Waals surface area contributed by atoms with E-state index < -0.39 is 6.10 Å². The molecule has 0 saturated carbocycles. The van der Waals surface area contributed by atoms with Crippen molar-refractivity contribution >= 4 is 17.9 Å². The lowest BCUT2D eigenvalue weighted by molar-refractivity contribution is -0.167. The number of ether oxygens (including phenoxy) is 3. The Morgan fingerprint density at radius 3 is 0.887 bits per heavy atom. The summed E-state index contributed by atoms with van der Waals surface area (Å²) in [6.07, 6.45) is 76.1. The molecule has 0 heterocycles. The van der Waals surface area contributed by atoms with Crippen LogP contribution in [-0.2, 0) is 28.6 Å². The lowest BCUT2D eigenvalue weighted by atomic mass is 10.0. The third kappa shape index (κ3) is 57.6. The Morgan fingerprint density at radius 2 is 0.549 bits per heavy atom. The van der Waals surface area contributed by atoms with Crippen molar-refractivity contribution in [3.63, 3.8) is 0 Å². The molecular weight excluding hydrogens is 877 g/mol. The molecule has 0 spiro atoms. The van der Waals surface area contributed by atoms with Crippen LogP contribution in [0.15, 0.2) is 72.9 Å². The molecule has 6 nitrogen and oxygen atoms in total. The highest BCUT2D eigenvalue weighted by Gasteiger charge is 2.19. The van der Waals surface area contributed by atoms with Gasteiger partial charge in [0, 0.05) is 19.3 Å². The van der Waals surface area contributed by atoms with Crippen LogP contribution >= 0.6 is 0 Å². The molecule has 0 radical (unpaired) electrons. The Labute approximate surface area is 440 Å². The fourth-order valence-electron chi connectivity index (χ4n) is 8.64. The smallest absolute Gasteiger partial charge is 0.306 e. The van der Waals surface area contributed by atoms with Crippen molar-refractivity contribution in [2.45, 2.75) is 309 Å². The average molecular weight is 992 g/mol. The molecule has 0 aromatic heterocycles. The van der Waals surface area contributed by atoms with E-state index in [4.69, 9.17) is 14.2 Å². The maximum Gasteiger partial charge on any atom is 0.306 e. The van der Waals surface area contributed by atoms with Crippen molar-refractivity contribution < 1.29 is 28.6 Å². The Bertz CT molecular complexity index is 1320. The lowest BCUT2D eigenvalue weighted by Crippen LogP contribution is -2.30. The molecule has 0 amide bonds. The number of rotatable bonds is 55. The second-order valence-corrected chi connectivity index (χ2v) is 20.2. The zero-order chi connectivity index (χ0) is 51.4. The number of allylic oxidation sites excluding steroid dienone is 12. The molecule has 0 N–H and O–H groups in total. The van der Waals surface area contributed by atoms with Crippen LogP contribution in [-0.4, -0.2) is 37.2 Å². The number of carbonyl (C=O) groups is 3. The second kappa shape index (κ2) is 59.4. The van der Waals surface area contributed by atoms with Crippen molar-refractivity contribution in [2.75, 3.05) is 13.2 Å². The summed E-state index contributed by atoms with van der Waals surface area (Å²) >= 11 is 0. The molecule has 71 heavy (non-hydrogen) atoms. The van der Waals surface area contributed by atoms with E-state index in [9.17, 15) is 14.4 Å². The summed E-state index contributed by atoms with van der Waals surface area (Å²) in [6, 6.07) is 0. The van der Waals surface area contributed by atoms with Gasteiger partial charge in [-0.15, -0.1) is 0 Å². The molecule has 0 aliphatic heterocycles. The molecule has 0 aliphatic carbocycles. The minimum atomic E-state index is -0.790. The molecule has 0 bridgehead atoms. The van der Waals surface area contributed by atoms with Crippen molar-refractivity contribution in [3.8, 4) is 0 Å². The van der Waals surface area contributed by atoms with Crippen LogP contribution < -0.4 is 0 Å². The van der Waals surface area contributed by atoms with Gasteiger partial charge < -0.3 is 14.2 Å². The molecule has 0 aromatic carbocycles. The topological polar surface area (TPSA) is 78.9 Å². The average Bonchev–Trinajstić information content (AvgIpc) is 3.37. The fraction of sp³-hybridized carbons (Fsp3) is 0.769. The predicted molar refractivity (Wildman–Crippen MR) is 307 cm³/mol. The van der Waals surface area contributed by atoms with E-state index >= 15 is 0 Å². The Hall–Kier alpha value is -3.15. The molecule has 0 rings (SSSR count). The third-order valence-electron chi connectivity index (χ3n) is 13.2. The fourth-order valence-corrected chi connectivity index (χ4v) is 8.64. The molecule has 0 fully saturated rings. The molecule has 0 saturated heterocycles. The SMILES string of the molecule is CC/C=C\C/C=C\C/C=C\C/C=C\C/C=C\CCCCCC(=O)OC[C@H](COC(=O)CCCCCCCCC/C=C\CCCCCCCC)OC(=O)CCCCCCCCCCCCCCCCCCC. The van der Waals surface area contributed by atoms with E-state index in [0.717, 1.165) is 96.3 Å². The van der Waals surface area contributed by atoms with Crippen LogP contribution in [0, 0.1) is 0 Å². The van der Waals surface area contributed by atoms with Gasteiger partial charge in [-0.05, 0) is 89.9 Å². The van der Waals surface area contributed by atoms with E-state index in [2.05, 4.69) is 93.7 Å². The number of esters is 3. The van der Waals surface area contributed by atoms with E-state index in [0.29, 0.717) is 19.3 Å². The van der Waals surface area contributed by atoms with Gasteiger partial charge in [-0.2, -0.15) is 0 Å². The number of hydrogen-bond donors (Lipinski definition) is 0. The summed E-state index contributed by atoms with van der Waals surface area (Å²) in [7, 11) is 0. The first kappa shape index (κ1) is 67.8. The molecular formula is C65H114O6. The van der Waals surface area contributed by atoms with E-state index in [-0.39, 0.29) is 31.1 Å². The summed E-state index contributed by atoms with van der Waals surface area (Å²) < 4.78 is 16.9. The number of carbonyl (C=O) groups excluding carboxylic acids is 3. The quantitative estimate of drug-likeness (QED) is 0.0261. The highest BCUT2D eigenvalue weighted by atomic mass is 16.6. The summed E-state index contributed by atoms with van der Waals surface area (Å²) in [4.78, 5) is 38.3. The summed E-state index contributed by atoms with van der Waals surface area (Å²) in [5, 5.41) is 0. The van der Waals surface area contributed by atoms with Crippen LogP contribution in [0.3, 0.4) is 0 Å². The van der Waals surface area contributed by atoms with Crippen LogP contribution in [0.5, 0.6) is 0 Å². The van der Waals surface area contributed by atoms with Crippen molar-refractivity contribution in [3.05, 3.63) is 72.9 Å². The monoisotopic (exact) mass is 991 g/mol. The molecule has 1 atom stereocenters. The van der Waals surface area contributed by atoms with Crippen LogP contribution in [0.4, 0.5) is 0 Å².